The van der Waals surface area contributed by atoms with Crippen molar-refractivity contribution in [2.45, 2.75) is 33.1 Å². The van der Waals surface area contributed by atoms with Crippen molar-refractivity contribution in [3.05, 3.63) is 76.9 Å². The number of hydrazone groups is 1. The number of amides is 2. The van der Waals surface area contributed by atoms with Crippen LogP contribution < -0.4 is 15.5 Å². The smallest absolute Gasteiger partial charge is 0.292 e. The van der Waals surface area contributed by atoms with E-state index >= 15 is 0 Å². The average molecular weight is 432 g/mol. The van der Waals surface area contributed by atoms with Gasteiger partial charge in [0, 0.05) is 23.7 Å². The highest BCUT2D eigenvalue weighted by Gasteiger charge is 2.28. The van der Waals surface area contributed by atoms with Crippen LogP contribution in [-0.2, 0) is 11.2 Å². The lowest BCUT2D eigenvalue weighted by Crippen LogP contribution is -2.27. The van der Waals surface area contributed by atoms with E-state index in [2.05, 4.69) is 20.8 Å². The number of fused-ring (bicyclic) bond motifs is 1. The maximum absolute atomic E-state index is 12.8. The molecule has 1 aliphatic carbocycles. The van der Waals surface area contributed by atoms with Crippen LogP contribution in [0.1, 0.15) is 45.8 Å². The minimum Gasteiger partial charge on any atom is -0.484 e. The summed E-state index contributed by atoms with van der Waals surface area (Å²) < 4.78 is 11.3. The molecule has 0 bridgehead atoms. The number of aryl methyl sites for hydroxylation is 2. The van der Waals surface area contributed by atoms with Crippen molar-refractivity contribution >= 4 is 23.3 Å². The van der Waals surface area contributed by atoms with Gasteiger partial charge in [-0.3, -0.25) is 9.59 Å². The number of carbonyl (C=O) groups is 2. The number of nitrogens with one attached hydrogen (secondary N) is 2. The van der Waals surface area contributed by atoms with Crippen LogP contribution in [0.15, 0.2) is 58.2 Å². The third kappa shape index (κ3) is 4.85. The Morgan fingerprint density at radius 1 is 1.12 bits per heavy atom. The molecule has 8 nitrogen and oxygen atoms in total. The summed E-state index contributed by atoms with van der Waals surface area (Å²) in [6.07, 6.45) is 3.88. The first-order chi connectivity index (χ1) is 15.5. The van der Waals surface area contributed by atoms with E-state index in [1.165, 1.54) is 0 Å². The van der Waals surface area contributed by atoms with E-state index < -0.39 is 0 Å². The number of carbonyl (C=O) groups excluding carboxylic acids is 2. The second-order valence-electron chi connectivity index (χ2n) is 7.58. The van der Waals surface area contributed by atoms with Gasteiger partial charge >= 0.3 is 0 Å². The molecule has 2 amide bonds. The molecule has 0 radical (unpaired) electrons. The Bertz CT molecular complexity index is 1150. The van der Waals surface area contributed by atoms with Crippen molar-refractivity contribution in [1.82, 2.24) is 10.4 Å². The highest BCUT2D eigenvalue weighted by Crippen LogP contribution is 2.30. The van der Waals surface area contributed by atoms with Gasteiger partial charge in [-0.05, 0) is 50.5 Å². The fourth-order valence-corrected chi connectivity index (χ4v) is 3.54. The van der Waals surface area contributed by atoms with Gasteiger partial charge in [-0.25, -0.2) is 10.4 Å². The number of rotatable bonds is 6. The zero-order valence-corrected chi connectivity index (χ0v) is 18.0. The van der Waals surface area contributed by atoms with Crippen molar-refractivity contribution < 1.29 is 18.7 Å². The molecule has 8 heteroatoms. The van der Waals surface area contributed by atoms with Crippen LogP contribution in [0.4, 0.5) is 5.82 Å². The summed E-state index contributed by atoms with van der Waals surface area (Å²) in [6, 6.07) is 12.7. The molecule has 0 spiro atoms. The van der Waals surface area contributed by atoms with Crippen molar-refractivity contribution in [3.63, 3.8) is 0 Å². The molecule has 164 valence electrons. The highest BCUT2D eigenvalue weighted by molar-refractivity contribution is 6.09. The number of hydrogen-bond donors (Lipinski definition) is 2. The number of anilines is 1. The largest absolute Gasteiger partial charge is 0.484 e. The molecular weight excluding hydrogens is 408 g/mol. The van der Waals surface area contributed by atoms with Crippen LogP contribution in [0, 0.1) is 13.8 Å². The van der Waals surface area contributed by atoms with Crippen LogP contribution in [0.25, 0.3) is 0 Å². The Hall–Kier alpha value is -3.94. The molecule has 4 rings (SSSR count). The van der Waals surface area contributed by atoms with E-state index in [1.807, 2.05) is 38.1 Å². The molecule has 2 N–H and O–H groups in total. The summed E-state index contributed by atoms with van der Waals surface area (Å²) >= 11 is 0. The number of benzene rings is 1. The molecule has 2 heterocycles. The second kappa shape index (κ2) is 9.47. The van der Waals surface area contributed by atoms with Gasteiger partial charge in [-0.15, -0.1) is 0 Å². The minimum atomic E-state index is -0.368. The molecule has 32 heavy (non-hydrogen) atoms. The van der Waals surface area contributed by atoms with E-state index in [9.17, 15) is 9.59 Å². The standard InChI is InChI=1S/C24H24N4O4/c1-15-11-12-20(25-13-15)26-24(30)23-16(2)22-18(9-6-10-19(22)32-23)27-28-21(29)14-31-17-7-4-3-5-8-17/h3-5,7-8,11-13H,6,9-10,14H2,1-2H3,(H,28,29)(H,25,26,30)/b27-18+. The second-order valence-corrected chi connectivity index (χ2v) is 7.58. The van der Waals surface area contributed by atoms with Gasteiger partial charge in [0.25, 0.3) is 11.8 Å². The third-order valence-corrected chi connectivity index (χ3v) is 5.11. The number of para-hydroxylation sites is 1. The first kappa shape index (κ1) is 21.3. The number of hydrogen-bond acceptors (Lipinski definition) is 6. The van der Waals surface area contributed by atoms with Crippen molar-refractivity contribution in [1.29, 1.82) is 0 Å². The van der Waals surface area contributed by atoms with E-state index in [4.69, 9.17) is 9.15 Å². The van der Waals surface area contributed by atoms with E-state index in [1.54, 1.807) is 24.4 Å². The zero-order valence-electron chi connectivity index (χ0n) is 18.0. The van der Waals surface area contributed by atoms with Crippen LogP contribution >= 0.6 is 0 Å². The third-order valence-electron chi connectivity index (χ3n) is 5.11. The van der Waals surface area contributed by atoms with Gasteiger partial charge in [-0.2, -0.15) is 5.10 Å². The Morgan fingerprint density at radius 3 is 2.69 bits per heavy atom. The van der Waals surface area contributed by atoms with Crippen LogP contribution in [0.5, 0.6) is 5.75 Å². The molecule has 0 saturated heterocycles. The maximum Gasteiger partial charge on any atom is 0.292 e. The van der Waals surface area contributed by atoms with Gasteiger partial charge in [-0.1, -0.05) is 24.3 Å². The number of pyridine rings is 1. The number of ether oxygens (including phenoxy) is 1. The summed E-state index contributed by atoms with van der Waals surface area (Å²) in [6.45, 7) is 3.60. The molecule has 3 aromatic rings. The lowest BCUT2D eigenvalue weighted by atomic mass is 9.93. The monoisotopic (exact) mass is 432 g/mol. The lowest BCUT2D eigenvalue weighted by Gasteiger charge is -2.13. The summed E-state index contributed by atoms with van der Waals surface area (Å²) in [5.41, 5.74) is 5.71. The summed E-state index contributed by atoms with van der Waals surface area (Å²) in [4.78, 5) is 29.1. The van der Waals surface area contributed by atoms with E-state index in [0.29, 0.717) is 41.4 Å². The van der Waals surface area contributed by atoms with Crippen molar-refractivity contribution in [2.75, 3.05) is 11.9 Å². The number of furan rings is 1. The Balaban J connectivity index is 1.45. The highest BCUT2D eigenvalue weighted by atomic mass is 16.5. The fourth-order valence-electron chi connectivity index (χ4n) is 3.54. The predicted molar refractivity (Wildman–Crippen MR) is 120 cm³/mol. The molecule has 0 fully saturated rings. The minimum absolute atomic E-state index is 0.144. The summed E-state index contributed by atoms with van der Waals surface area (Å²) in [7, 11) is 0. The van der Waals surface area contributed by atoms with Gasteiger partial charge in [0.1, 0.15) is 17.3 Å². The first-order valence-corrected chi connectivity index (χ1v) is 10.4. The topological polar surface area (TPSA) is 106 Å². The summed E-state index contributed by atoms with van der Waals surface area (Å²) in [5, 5.41) is 7.06. The van der Waals surface area contributed by atoms with E-state index in [-0.39, 0.29) is 24.2 Å². The Morgan fingerprint density at radius 2 is 1.94 bits per heavy atom. The Kier molecular flexibility index (Phi) is 6.30. The van der Waals surface area contributed by atoms with Gasteiger partial charge in [0.05, 0.1) is 5.71 Å². The van der Waals surface area contributed by atoms with Crippen LogP contribution in [0.3, 0.4) is 0 Å². The van der Waals surface area contributed by atoms with Crippen LogP contribution in [-0.4, -0.2) is 29.1 Å². The fraction of sp³-hybridized carbons (Fsp3) is 0.250. The molecule has 0 unspecified atom stereocenters. The molecule has 0 aliphatic heterocycles. The molecule has 1 aliphatic rings. The first-order valence-electron chi connectivity index (χ1n) is 10.4. The van der Waals surface area contributed by atoms with Gasteiger partial charge in [0.2, 0.25) is 0 Å². The molecule has 0 saturated carbocycles. The van der Waals surface area contributed by atoms with Crippen molar-refractivity contribution in [2.24, 2.45) is 5.10 Å². The van der Waals surface area contributed by atoms with Crippen LogP contribution in [0.2, 0.25) is 0 Å². The normalized spacial score (nSPS) is 14.0. The average Bonchev–Trinajstić information content (AvgIpc) is 3.16. The molecule has 2 aromatic heterocycles. The van der Waals surface area contributed by atoms with Crippen molar-refractivity contribution in [3.8, 4) is 5.75 Å². The lowest BCUT2D eigenvalue weighted by molar-refractivity contribution is -0.123. The quantitative estimate of drug-likeness (QED) is 0.577. The predicted octanol–water partition coefficient (Wildman–Crippen LogP) is 3.78. The van der Waals surface area contributed by atoms with Gasteiger partial charge < -0.3 is 14.5 Å². The van der Waals surface area contributed by atoms with E-state index in [0.717, 1.165) is 17.5 Å². The Labute approximate surface area is 185 Å². The molecule has 1 aromatic carbocycles. The molecular formula is C24H24N4O4. The molecule has 0 atom stereocenters. The number of aromatic nitrogens is 1. The number of nitrogens with zero attached hydrogens (tertiary/aromatic N) is 2. The maximum atomic E-state index is 12.8. The SMILES string of the molecule is Cc1ccc(NC(=O)c2oc3c(c2C)/C(=N/NC(=O)COc2ccccc2)CCC3)nc1. The van der Waals surface area contributed by atoms with Gasteiger partial charge in [0.15, 0.2) is 12.4 Å². The summed E-state index contributed by atoms with van der Waals surface area (Å²) in [5.74, 6) is 1.26. The zero-order chi connectivity index (χ0) is 22.5.